The molecule has 1 atom stereocenters. The van der Waals surface area contributed by atoms with Crippen LogP contribution < -0.4 is 10.6 Å². The van der Waals surface area contributed by atoms with Crippen LogP contribution in [-0.4, -0.2) is 31.9 Å². The summed E-state index contributed by atoms with van der Waals surface area (Å²) >= 11 is 0. The minimum absolute atomic E-state index is 0.0286. The predicted octanol–water partition coefficient (Wildman–Crippen LogP) is 3.25. The zero-order valence-corrected chi connectivity index (χ0v) is 16.6. The molecule has 162 valence electrons. The van der Waals surface area contributed by atoms with Crippen LogP contribution in [0.3, 0.4) is 0 Å². The van der Waals surface area contributed by atoms with Crippen molar-refractivity contribution < 1.29 is 23.5 Å². The standard InChI is InChI=1S/C22H18FN5O4/c23-17-5-2-1-4-16(17)19(29)13-28-12-18(26-27-28)21(30)24-14-7-9-15(10-8-14)25-22(31)20-6-3-11-32-20/h1-12,19,29H,13H2,(H,24,30)(H,25,31). The molecule has 2 aromatic heterocycles. The monoisotopic (exact) mass is 435 g/mol. The predicted molar refractivity (Wildman–Crippen MR) is 112 cm³/mol. The van der Waals surface area contributed by atoms with E-state index in [1.165, 1.54) is 35.3 Å². The lowest BCUT2D eigenvalue weighted by Crippen LogP contribution is -2.13. The Hall–Kier alpha value is -4.31. The summed E-state index contributed by atoms with van der Waals surface area (Å²) in [5.41, 5.74) is 1.17. The lowest BCUT2D eigenvalue weighted by atomic mass is 10.1. The van der Waals surface area contributed by atoms with Crippen LogP contribution in [0.4, 0.5) is 15.8 Å². The molecule has 4 rings (SSSR count). The fraction of sp³-hybridized carbons (Fsp3) is 0.0909. The van der Waals surface area contributed by atoms with Crippen molar-refractivity contribution in [3.8, 4) is 0 Å². The molecule has 0 aliphatic heterocycles. The van der Waals surface area contributed by atoms with Crippen LogP contribution >= 0.6 is 0 Å². The molecule has 4 aromatic rings. The molecule has 0 fully saturated rings. The van der Waals surface area contributed by atoms with Gasteiger partial charge in [-0.3, -0.25) is 9.59 Å². The van der Waals surface area contributed by atoms with Crippen molar-refractivity contribution in [3.63, 3.8) is 0 Å². The molecule has 0 aliphatic rings. The topological polar surface area (TPSA) is 122 Å². The first kappa shape index (κ1) is 20.9. The first-order valence-corrected chi connectivity index (χ1v) is 9.58. The van der Waals surface area contributed by atoms with E-state index in [0.29, 0.717) is 11.4 Å². The molecule has 0 spiro atoms. The van der Waals surface area contributed by atoms with Gasteiger partial charge in [0.05, 0.1) is 19.0 Å². The van der Waals surface area contributed by atoms with Crippen molar-refractivity contribution in [1.82, 2.24) is 15.0 Å². The molecule has 2 amide bonds. The highest BCUT2D eigenvalue weighted by molar-refractivity contribution is 6.04. The largest absolute Gasteiger partial charge is 0.459 e. The Bertz CT molecular complexity index is 1220. The van der Waals surface area contributed by atoms with Crippen LogP contribution in [0.15, 0.2) is 77.5 Å². The molecule has 2 heterocycles. The van der Waals surface area contributed by atoms with Crippen LogP contribution in [0.5, 0.6) is 0 Å². The molecule has 0 aliphatic carbocycles. The lowest BCUT2D eigenvalue weighted by molar-refractivity contribution is 0.0994. The highest BCUT2D eigenvalue weighted by Gasteiger charge is 2.16. The van der Waals surface area contributed by atoms with Gasteiger partial charge in [-0.2, -0.15) is 0 Å². The Morgan fingerprint density at radius 3 is 2.34 bits per heavy atom. The molecule has 0 saturated carbocycles. The SMILES string of the molecule is O=C(Nc1ccc(NC(=O)c2ccco2)cc1)c1cn(CC(O)c2ccccc2F)nn1. The zero-order chi connectivity index (χ0) is 22.5. The molecule has 0 saturated heterocycles. The minimum atomic E-state index is -1.14. The van der Waals surface area contributed by atoms with Crippen LogP contribution in [-0.2, 0) is 6.54 Å². The number of carbonyl (C=O) groups excluding carboxylic acids is 2. The Morgan fingerprint density at radius 1 is 1.00 bits per heavy atom. The van der Waals surface area contributed by atoms with E-state index in [1.807, 2.05) is 0 Å². The lowest BCUT2D eigenvalue weighted by Gasteiger charge is -2.11. The average molecular weight is 435 g/mol. The highest BCUT2D eigenvalue weighted by Crippen LogP contribution is 2.19. The third kappa shape index (κ3) is 4.87. The fourth-order valence-corrected chi connectivity index (χ4v) is 2.95. The Balaban J connectivity index is 1.34. The number of carbonyl (C=O) groups is 2. The number of rotatable bonds is 7. The van der Waals surface area contributed by atoms with Gasteiger partial charge in [0.15, 0.2) is 11.5 Å². The van der Waals surface area contributed by atoms with E-state index in [0.717, 1.165) is 0 Å². The summed E-state index contributed by atoms with van der Waals surface area (Å²) in [5, 5.41) is 23.2. The van der Waals surface area contributed by atoms with E-state index in [2.05, 4.69) is 20.9 Å². The van der Waals surface area contributed by atoms with Gasteiger partial charge >= 0.3 is 0 Å². The van der Waals surface area contributed by atoms with Gasteiger partial charge in [-0.05, 0) is 42.5 Å². The number of nitrogens with one attached hydrogen (secondary N) is 2. The first-order chi connectivity index (χ1) is 15.5. The molecule has 10 heteroatoms. The third-order valence-corrected chi connectivity index (χ3v) is 4.54. The van der Waals surface area contributed by atoms with Gasteiger partial charge in [-0.15, -0.1) is 5.10 Å². The van der Waals surface area contributed by atoms with Gasteiger partial charge in [0, 0.05) is 16.9 Å². The number of furan rings is 1. The van der Waals surface area contributed by atoms with E-state index < -0.39 is 17.8 Å². The first-order valence-electron chi connectivity index (χ1n) is 9.58. The maximum absolute atomic E-state index is 13.8. The molecule has 9 nitrogen and oxygen atoms in total. The number of hydrogen-bond acceptors (Lipinski definition) is 6. The number of anilines is 2. The quantitative estimate of drug-likeness (QED) is 0.410. The third-order valence-electron chi connectivity index (χ3n) is 4.54. The van der Waals surface area contributed by atoms with Gasteiger partial charge in [-0.1, -0.05) is 23.4 Å². The van der Waals surface area contributed by atoms with E-state index in [4.69, 9.17) is 4.42 Å². The Labute approximate surface area is 181 Å². The van der Waals surface area contributed by atoms with Gasteiger partial charge in [0.1, 0.15) is 11.9 Å². The van der Waals surface area contributed by atoms with E-state index in [-0.39, 0.29) is 29.5 Å². The summed E-state index contributed by atoms with van der Waals surface area (Å²) in [6, 6.07) is 15.5. The smallest absolute Gasteiger partial charge is 0.291 e. The number of nitrogens with zero attached hydrogens (tertiary/aromatic N) is 3. The summed E-state index contributed by atoms with van der Waals surface area (Å²) < 4.78 is 20.1. The second kappa shape index (κ2) is 9.23. The fourth-order valence-electron chi connectivity index (χ4n) is 2.95. The van der Waals surface area contributed by atoms with Gasteiger partial charge < -0.3 is 20.2 Å². The molecule has 32 heavy (non-hydrogen) atoms. The maximum atomic E-state index is 13.8. The van der Waals surface area contributed by atoms with Crippen molar-refractivity contribution in [1.29, 1.82) is 0 Å². The van der Waals surface area contributed by atoms with Crippen LogP contribution in [0.1, 0.15) is 32.7 Å². The number of aliphatic hydroxyl groups is 1. The number of aliphatic hydroxyl groups excluding tert-OH is 1. The van der Waals surface area contributed by atoms with Crippen molar-refractivity contribution in [2.45, 2.75) is 12.6 Å². The minimum Gasteiger partial charge on any atom is -0.459 e. The van der Waals surface area contributed by atoms with Crippen molar-refractivity contribution in [3.05, 3.63) is 96.0 Å². The van der Waals surface area contributed by atoms with Crippen molar-refractivity contribution >= 4 is 23.2 Å². The van der Waals surface area contributed by atoms with Crippen molar-refractivity contribution in [2.24, 2.45) is 0 Å². The molecule has 1 unspecified atom stereocenters. The average Bonchev–Trinajstić information content (AvgIpc) is 3.48. The summed E-state index contributed by atoms with van der Waals surface area (Å²) in [6.45, 7) is -0.0642. The summed E-state index contributed by atoms with van der Waals surface area (Å²) in [7, 11) is 0. The highest BCUT2D eigenvalue weighted by atomic mass is 19.1. The van der Waals surface area contributed by atoms with E-state index >= 15 is 0 Å². The molecule has 2 aromatic carbocycles. The Kier molecular flexibility index (Phi) is 6.04. The normalized spacial score (nSPS) is 11.7. The van der Waals surface area contributed by atoms with Crippen LogP contribution in [0.25, 0.3) is 0 Å². The molecule has 0 bridgehead atoms. The van der Waals surface area contributed by atoms with Gasteiger partial charge in [0.2, 0.25) is 0 Å². The number of halogens is 1. The zero-order valence-electron chi connectivity index (χ0n) is 16.6. The van der Waals surface area contributed by atoms with E-state index in [1.54, 1.807) is 42.5 Å². The molecule has 0 radical (unpaired) electrons. The number of hydrogen-bond donors (Lipinski definition) is 3. The second-order valence-electron chi connectivity index (χ2n) is 6.83. The maximum Gasteiger partial charge on any atom is 0.291 e. The molecule has 3 N–H and O–H groups in total. The number of amides is 2. The summed E-state index contributed by atoms with van der Waals surface area (Å²) in [4.78, 5) is 24.4. The van der Waals surface area contributed by atoms with Crippen molar-refractivity contribution in [2.75, 3.05) is 10.6 Å². The molecular formula is C22H18FN5O4. The summed E-state index contributed by atoms with van der Waals surface area (Å²) in [6.07, 6.45) is 1.62. The molecular weight excluding hydrogens is 417 g/mol. The van der Waals surface area contributed by atoms with Crippen LogP contribution in [0, 0.1) is 5.82 Å². The van der Waals surface area contributed by atoms with Gasteiger partial charge in [0.25, 0.3) is 11.8 Å². The van der Waals surface area contributed by atoms with E-state index in [9.17, 15) is 19.1 Å². The van der Waals surface area contributed by atoms with Crippen LogP contribution in [0.2, 0.25) is 0 Å². The Morgan fingerprint density at radius 2 is 1.69 bits per heavy atom. The second-order valence-corrected chi connectivity index (χ2v) is 6.83. The number of aromatic nitrogens is 3. The number of benzene rings is 2. The summed E-state index contributed by atoms with van der Waals surface area (Å²) in [5.74, 6) is -1.24. The van der Waals surface area contributed by atoms with Gasteiger partial charge in [-0.25, -0.2) is 9.07 Å².